The van der Waals surface area contributed by atoms with Crippen molar-refractivity contribution in [1.29, 1.82) is 0 Å². The number of halogens is 1. The SMILES string of the molecule is CN1C(=O)C(=CN2CCCC2)N=C(c2ccccc2Cl)c2cc([N+](=O)[O-])ccc21. The van der Waals surface area contributed by atoms with Crippen molar-refractivity contribution < 1.29 is 9.72 Å². The normalized spacial score (nSPS) is 17.9. The number of hydrogen-bond acceptors (Lipinski definition) is 5. The molecule has 148 valence electrons. The van der Waals surface area contributed by atoms with Gasteiger partial charge in [-0.3, -0.25) is 14.9 Å². The minimum Gasteiger partial charge on any atom is -0.375 e. The quantitative estimate of drug-likeness (QED) is 0.435. The smallest absolute Gasteiger partial charge is 0.278 e. The molecule has 7 nitrogen and oxygen atoms in total. The largest absolute Gasteiger partial charge is 0.375 e. The molecule has 8 heteroatoms. The predicted molar refractivity (Wildman–Crippen MR) is 112 cm³/mol. The molecule has 2 aliphatic heterocycles. The van der Waals surface area contributed by atoms with Gasteiger partial charge < -0.3 is 9.80 Å². The highest BCUT2D eigenvalue weighted by Gasteiger charge is 2.29. The third-order valence-electron chi connectivity index (χ3n) is 5.14. The van der Waals surface area contributed by atoms with Gasteiger partial charge in [0.15, 0.2) is 0 Å². The zero-order valence-corrected chi connectivity index (χ0v) is 16.6. The second-order valence-corrected chi connectivity index (χ2v) is 7.43. The van der Waals surface area contributed by atoms with Crippen LogP contribution in [0.4, 0.5) is 11.4 Å². The van der Waals surface area contributed by atoms with Crippen molar-refractivity contribution in [2.24, 2.45) is 4.99 Å². The third kappa shape index (κ3) is 3.61. The van der Waals surface area contributed by atoms with Crippen molar-refractivity contribution in [2.45, 2.75) is 12.8 Å². The first-order valence-electron chi connectivity index (χ1n) is 9.32. The van der Waals surface area contributed by atoms with Crippen LogP contribution >= 0.6 is 11.6 Å². The molecule has 0 bridgehead atoms. The topological polar surface area (TPSA) is 79.0 Å². The number of nitro benzene ring substituents is 1. The van der Waals surface area contributed by atoms with Crippen LogP contribution in [0.2, 0.25) is 5.02 Å². The molecule has 2 heterocycles. The molecule has 1 fully saturated rings. The molecule has 1 amide bonds. The second-order valence-electron chi connectivity index (χ2n) is 7.02. The molecule has 2 aromatic carbocycles. The lowest BCUT2D eigenvalue weighted by Crippen LogP contribution is -2.28. The number of rotatable bonds is 3. The first kappa shape index (κ1) is 19.1. The summed E-state index contributed by atoms with van der Waals surface area (Å²) < 4.78 is 0. The molecule has 0 N–H and O–H groups in total. The molecule has 2 aromatic rings. The van der Waals surface area contributed by atoms with Crippen LogP contribution < -0.4 is 4.90 Å². The number of aliphatic imine (C=N–C) groups is 1. The van der Waals surface area contributed by atoms with Crippen LogP contribution in [0.15, 0.2) is 59.4 Å². The van der Waals surface area contributed by atoms with Crippen molar-refractivity contribution in [3.8, 4) is 0 Å². The minimum absolute atomic E-state index is 0.0728. The summed E-state index contributed by atoms with van der Waals surface area (Å²) in [5.74, 6) is -0.269. The molecule has 0 atom stereocenters. The Morgan fingerprint density at radius 3 is 2.55 bits per heavy atom. The van der Waals surface area contributed by atoms with E-state index < -0.39 is 4.92 Å². The highest BCUT2D eigenvalue weighted by Crippen LogP contribution is 2.33. The zero-order chi connectivity index (χ0) is 20.5. The van der Waals surface area contributed by atoms with Gasteiger partial charge in [-0.1, -0.05) is 29.8 Å². The van der Waals surface area contributed by atoms with Gasteiger partial charge in [-0.05, 0) is 25.0 Å². The van der Waals surface area contributed by atoms with Gasteiger partial charge in [-0.25, -0.2) is 4.99 Å². The number of benzene rings is 2. The standard InChI is InChI=1S/C21H19ClN4O3/c1-24-19-9-8-14(26(28)29)12-16(19)20(15-6-2-3-7-17(15)22)23-18(21(24)27)13-25-10-4-5-11-25/h2-3,6-9,12-13H,4-5,10-11H2,1H3. The van der Waals surface area contributed by atoms with Crippen LogP contribution in [0.5, 0.6) is 0 Å². The summed E-state index contributed by atoms with van der Waals surface area (Å²) in [6.07, 6.45) is 3.92. The molecular formula is C21H19ClN4O3. The van der Waals surface area contributed by atoms with Gasteiger partial charge in [0, 0.05) is 54.6 Å². The fourth-order valence-corrected chi connectivity index (χ4v) is 3.84. The number of likely N-dealkylation sites (N-methyl/N-ethyl adjacent to an activating group) is 1. The van der Waals surface area contributed by atoms with Crippen molar-refractivity contribution in [3.05, 3.63) is 80.6 Å². The highest BCUT2D eigenvalue weighted by molar-refractivity contribution is 6.36. The number of carbonyl (C=O) groups excluding carboxylic acids is 1. The van der Waals surface area contributed by atoms with E-state index in [1.54, 1.807) is 37.5 Å². The highest BCUT2D eigenvalue weighted by atomic mass is 35.5. The molecule has 0 spiro atoms. The third-order valence-corrected chi connectivity index (χ3v) is 5.47. The second kappa shape index (κ2) is 7.67. The molecule has 2 aliphatic rings. The van der Waals surface area contributed by atoms with E-state index in [-0.39, 0.29) is 17.3 Å². The number of carbonyl (C=O) groups is 1. The van der Waals surface area contributed by atoms with Gasteiger partial charge in [0.25, 0.3) is 11.6 Å². The molecular weight excluding hydrogens is 392 g/mol. The number of benzodiazepines with no additional fused rings is 1. The van der Waals surface area contributed by atoms with Gasteiger partial charge in [-0.2, -0.15) is 0 Å². The van der Waals surface area contributed by atoms with Crippen molar-refractivity contribution >= 4 is 34.6 Å². The number of amides is 1. The van der Waals surface area contributed by atoms with Crippen molar-refractivity contribution in [2.75, 3.05) is 25.0 Å². The summed E-state index contributed by atoms with van der Waals surface area (Å²) in [5.41, 5.74) is 2.31. The van der Waals surface area contributed by atoms with E-state index >= 15 is 0 Å². The average Bonchev–Trinajstić information content (AvgIpc) is 3.20. The maximum absolute atomic E-state index is 13.1. The molecule has 4 rings (SSSR count). The lowest BCUT2D eigenvalue weighted by atomic mass is 9.99. The maximum Gasteiger partial charge on any atom is 0.278 e. The molecule has 0 radical (unpaired) electrons. The van der Waals surface area contributed by atoms with Gasteiger partial charge in [-0.15, -0.1) is 0 Å². The Balaban J connectivity index is 1.97. The number of fused-ring (bicyclic) bond motifs is 1. The summed E-state index contributed by atoms with van der Waals surface area (Å²) in [7, 11) is 1.65. The van der Waals surface area contributed by atoms with Crippen LogP contribution in [-0.2, 0) is 4.79 Å². The van der Waals surface area contributed by atoms with Crippen LogP contribution in [-0.4, -0.2) is 41.6 Å². The molecule has 29 heavy (non-hydrogen) atoms. The molecule has 0 aliphatic carbocycles. The maximum atomic E-state index is 13.1. The summed E-state index contributed by atoms with van der Waals surface area (Å²) in [4.78, 5) is 32.3. The summed E-state index contributed by atoms with van der Waals surface area (Å²) in [5, 5.41) is 11.8. The Morgan fingerprint density at radius 2 is 1.86 bits per heavy atom. The van der Waals surface area contributed by atoms with E-state index in [2.05, 4.69) is 9.89 Å². The van der Waals surface area contributed by atoms with Crippen LogP contribution in [0.25, 0.3) is 0 Å². The minimum atomic E-state index is -0.460. The molecule has 0 aromatic heterocycles. The number of nitrogens with zero attached hydrogens (tertiary/aromatic N) is 4. The van der Waals surface area contributed by atoms with Gasteiger partial charge in [0.2, 0.25) is 0 Å². The summed E-state index contributed by atoms with van der Waals surface area (Å²) >= 11 is 6.43. The van der Waals surface area contributed by atoms with E-state index in [0.717, 1.165) is 25.9 Å². The van der Waals surface area contributed by atoms with E-state index in [9.17, 15) is 14.9 Å². The van der Waals surface area contributed by atoms with Gasteiger partial charge in [0.1, 0.15) is 5.70 Å². The average molecular weight is 411 g/mol. The Labute approximate surface area is 173 Å². The zero-order valence-electron chi connectivity index (χ0n) is 15.8. The Kier molecular flexibility index (Phi) is 5.07. The monoisotopic (exact) mass is 410 g/mol. The van der Waals surface area contributed by atoms with E-state index in [1.807, 2.05) is 6.07 Å². The van der Waals surface area contributed by atoms with E-state index in [4.69, 9.17) is 11.6 Å². The van der Waals surface area contributed by atoms with Crippen LogP contribution in [0, 0.1) is 10.1 Å². The first-order valence-corrected chi connectivity index (χ1v) is 9.70. The molecule has 0 saturated carbocycles. The number of anilines is 1. The first-order chi connectivity index (χ1) is 14.0. The lowest BCUT2D eigenvalue weighted by Gasteiger charge is -2.19. The number of non-ortho nitro benzene ring substituents is 1. The van der Waals surface area contributed by atoms with Crippen LogP contribution in [0.3, 0.4) is 0 Å². The van der Waals surface area contributed by atoms with Crippen LogP contribution in [0.1, 0.15) is 24.0 Å². The Morgan fingerprint density at radius 1 is 1.14 bits per heavy atom. The van der Waals surface area contributed by atoms with Gasteiger partial charge >= 0.3 is 0 Å². The van der Waals surface area contributed by atoms with E-state index in [1.165, 1.54) is 17.0 Å². The summed E-state index contributed by atoms with van der Waals surface area (Å²) in [6.45, 7) is 1.74. The molecule has 1 saturated heterocycles. The fourth-order valence-electron chi connectivity index (χ4n) is 3.62. The lowest BCUT2D eigenvalue weighted by molar-refractivity contribution is -0.384. The Hall–Kier alpha value is -3.19. The van der Waals surface area contributed by atoms with E-state index in [0.29, 0.717) is 27.5 Å². The Bertz CT molecular complexity index is 1060. The van der Waals surface area contributed by atoms with Gasteiger partial charge in [0.05, 0.1) is 16.3 Å². The molecule has 0 unspecified atom stereocenters. The number of likely N-dealkylation sites (tertiary alicyclic amines) is 1. The predicted octanol–water partition coefficient (Wildman–Crippen LogP) is 4.00. The fraction of sp³-hybridized carbons (Fsp3) is 0.238. The summed E-state index contributed by atoms with van der Waals surface area (Å²) in [6, 6.07) is 11.6. The van der Waals surface area contributed by atoms with Crippen molar-refractivity contribution in [1.82, 2.24) is 4.90 Å². The van der Waals surface area contributed by atoms with Crippen molar-refractivity contribution in [3.63, 3.8) is 0 Å². The number of hydrogen-bond donors (Lipinski definition) is 0. The number of nitro groups is 1.